The topological polar surface area (TPSA) is 134 Å². The predicted molar refractivity (Wildman–Crippen MR) is 184 cm³/mol. The zero-order chi connectivity index (χ0) is 35.8. The number of urea groups is 1. The number of methoxy groups -OCH3 is 2. The van der Waals surface area contributed by atoms with E-state index in [1.807, 2.05) is 0 Å². The second-order valence-electron chi connectivity index (χ2n) is 12.4. The van der Waals surface area contributed by atoms with E-state index in [0.717, 1.165) is 38.3 Å². The van der Waals surface area contributed by atoms with Crippen LogP contribution in [0, 0.1) is 5.82 Å². The lowest BCUT2D eigenvalue weighted by atomic mass is 9.84. The fraction of sp³-hybridized carbons (Fsp3) is 0.441. The van der Waals surface area contributed by atoms with Crippen LogP contribution in [0.2, 0.25) is 5.02 Å². The summed E-state index contributed by atoms with van der Waals surface area (Å²) in [5.41, 5.74) is -2.68. The molecular formula is C34H40ClFN6O7S. The molecule has 0 spiro atoms. The van der Waals surface area contributed by atoms with Crippen LogP contribution in [0.5, 0.6) is 17.4 Å². The van der Waals surface area contributed by atoms with Gasteiger partial charge in [0.15, 0.2) is 5.54 Å². The summed E-state index contributed by atoms with van der Waals surface area (Å²) in [5.74, 6) is -1.86. The molecule has 1 unspecified atom stereocenters. The number of halogens is 2. The molecule has 2 saturated heterocycles. The molecule has 1 aromatic heterocycles. The second-order valence-corrected chi connectivity index (χ2v) is 14.6. The normalized spacial score (nSPS) is 20.5. The Morgan fingerprint density at radius 2 is 1.76 bits per heavy atom. The molecule has 3 aliphatic rings. The number of carbonyl (C=O) groups is 2. The largest absolute Gasteiger partial charge is 0.497 e. The molecule has 13 nitrogen and oxygen atoms in total. The van der Waals surface area contributed by atoms with Crippen molar-refractivity contribution in [2.75, 3.05) is 71.4 Å². The van der Waals surface area contributed by atoms with Gasteiger partial charge in [-0.15, -0.1) is 0 Å². The van der Waals surface area contributed by atoms with Crippen molar-refractivity contribution >= 4 is 39.2 Å². The number of hydrogen-bond acceptors (Lipinski definition) is 10. The van der Waals surface area contributed by atoms with Gasteiger partial charge in [-0.2, -0.15) is 4.31 Å². The van der Waals surface area contributed by atoms with Gasteiger partial charge in [-0.3, -0.25) is 9.69 Å². The fourth-order valence-corrected chi connectivity index (χ4v) is 8.70. The molecule has 3 amide bonds. The molecule has 2 aromatic carbocycles. The third-order valence-corrected chi connectivity index (χ3v) is 11.6. The molecule has 6 rings (SSSR count). The van der Waals surface area contributed by atoms with Crippen LogP contribution in [-0.4, -0.2) is 113 Å². The molecule has 1 atom stereocenters. The third kappa shape index (κ3) is 6.20. The summed E-state index contributed by atoms with van der Waals surface area (Å²) in [6.07, 6.45) is 2.87. The molecule has 1 N–H and O–H groups in total. The number of ether oxygens (including phenoxy) is 3. The molecule has 3 aromatic rings. The van der Waals surface area contributed by atoms with Crippen molar-refractivity contribution in [2.45, 2.75) is 36.2 Å². The first-order valence-corrected chi connectivity index (χ1v) is 18.2. The van der Waals surface area contributed by atoms with Crippen LogP contribution in [0.3, 0.4) is 0 Å². The van der Waals surface area contributed by atoms with Crippen molar-refractivity contribution in [1.82, 2.24) is 25.0 Å². The molecule has 0 radical (unpaired) electrons. The van der Waals surface area contributed by atoms with Crippen LogP contribution in [0.1, 0.15) is 30.9 Å². The number of piperidine rings is 1. The molecular weight excluding hydrogens is 691 g/mol. The maximum absolute atomic E-state index is 15.5. The fourth-order valence-electron chi connectivity index (χ4n) is 6.94. The molecule has 16 heteroatoms. The molecule has 50 heavy (non-hydrogen) atoms. The van der Waals surface area contributed by atoms with Crippen LogP contribution in [-0.2, 0) is 20.4 Å². The third-order valence-electron chi connectivity index (χ3n) is 9.61. The summed E-state index contributed by atoms with van der Waals surface area (Å²) < 4.78 is 61.6. The number of pyridine rings is 1. The number of nitrogens with zero attached hydrogens (tertiary/aromatic N) is 5. The Morgan fingerprint density at radius 1 is 1.04 bits per heavy atom. The number of carbonyl (C=O) groups excluding carboxylic acids is 2. The van der Waals surface area contributed by atoms with Crippen molar-refractivity contribution < 1.29 is 36.6 Å². The number of likely N-dealkylation sites (tertiary alicyclic amines) is 1. The van der Waals surface area contributed by atoms with Crippen molar-refractivity contribution in [3.8, 4) is 17.4 Å². The van der Waals surface area contributed by atoms with Crippen molar-refractivity contribution in [3.05, 3.63) is 70.6 Å². The van der Waals surface area contributed by atoms with E-state index in [1.54, 1.807) is 11.8 Å². The number of sulfonamides is 1. The van der Waals surface area contributed by atoms with Crippen LogP contribution >= 0.6 is 11.6 Å². The number of likely N-dealkylation sites (N-methyl/N-ethyl adjacent to an activating group) is 1. The SMILES string of the molecule is CCOc1ncccc1C1(NC(=O)N2CCC(N3CCN(C)CC3)CC2)C(=O)N(S(=O)(=O)c2ccc(OC)cc2OC)c2cc(Cl)c(F)cc21. The number of benzene rings is 2. The number of aromatic nitrogens is 1. The van der Waals surface area contributed by atoms with E-state index >= 15 is 9.18 Å². The quantitative estimate of drug-likeness (QED) is 0.348. The number of piperazine rings is 1. The maximum Gasteiger partial charge on any atom is 0.318 e. The highest BCUT2D eigenvalue weighted by Gasteiger charge is 2.59. The van der Waals surface area contributed by atoms with Gasteiger partial charge in [0.2, 0.25) is 5.88 Å². The monoisotopic (exact) mass is 730 g/mol. The standard InChI is InChI=1S/C34H40ClFN6O7S/c1-5-49-31-24(7-6-12-37-31)34(38-33(44)41-13-10-22(11-14-41)40-17-15-39(2)16-18-40)25-20-27(36)26(35)21-28(25)42(32(34)43)50(45,46)30-9-8-23(47-3)19-29(30)48-4/h6-9,12,19-22H,5,10-11,13-18H2,1-4H3,(H,38,44). The molecule has 0 bridgehead atoms. The van der Waals surface area contributed by atoms with E-state index in [9.17, 15) is 13.2 Å². The summed E-state index contributed by atoms with van der Waals surface area (Å²) >= 11 is 6.24. The lowest BCUT2D eigenvalue weighted by molar-refractivity contribution is -0.121. The minimum absolute atomic E-state index is 0.0230. The first kappa shape index (κ1) is 35.6. The minimum Gasteiger partial charge on any atom is -0.497 e. The Balaban J connectivity index is 1.45. The first-order chi connectivity index (χ1) is 24.0. The number of anilines is 1. The van der Waals surface area contributed by atoms with Crippen LogP contribution in [0.4, 0.5) is 14.9 Å². The van der Waals surface area contributed by atoms with Gasteiger partial charge in [0.05, 0.1) is 37.1 Å². The Morgan fingerprint density at radius 3 is 2.42 bits per heavy atom. The second kappa shape index (κ2) is 14.2. The van der Waals surface area contributed by atoms with Crippen molar-refractivity contribution in [3.63, 3.8) is 0 Å². The summed E-state index contributed by atoms with van der Waals surface area (Å²) in [6, 6.07) is 8.72. The number of hydrogen-bond donors (Lipinski definition) is 1. The van der Waals surface area contributed by atoms with Gasteiger partial charge in [-0.1, -0.05) is 11.6 Å². The average Bonchev–Trinajstić information content (AvgIpc) is 3.35. The number of rotatable bonds is 9. The summed E-state index contributed by atoms with van der Waals surface area (Å²) in [5, 5.41) is 2.43. The number of amides is 3. The van der Waals surface area contributed by atoms with Gasteiger partial charge in [0, 0.05) is 63.1 Å². The van der Waals surface area contributed by atoms with E-state index in [4.69, 9.17) is 25.8 Å². The van der Waals surface area contributed by atoms with Gasteiger partial charge in [-0.05, 0) is 63.2 Å². The lowest BCUT2D eigenvalue weighted by Crippen LogP contribution is -2.59. The zero-order valence-electron chi connectivity index (χ0n) is 28.3. The summed E-state index contributed by atoms with van der Waals surface area (Å²) in [7, 11) is -0.0102. The van der Waals surface area contributed by atoms with E-state index in [0.29, 0.717) is 42.0 Å². The summed E-state index contributed by atoms with van der Waals surface area (Å²) in [4.78, 5) is 39.7. The molecule has 0 aliphatic carbocycles. The molecule has 268 valence electrons. The van der Waals surface area contributed by atoms with Crippen LogP contribution < -0.4 is 23.8 Å². The highest BCUT2D eigenvalue weighted by Crippen LogP contribution is 2.51. The van der Waals surface area contributed by atoms with E-state index in [2.05, 4.69) is 27.1 Å². The Labute approximate surface area is 295 Å². The maximum atomic E-state index is 15.5. The van der Waals surface area contributed by atoms with E-state index < -0.39 is 38.3 Å². The Bertz CT molecular complexity index is 1890. The molecule has 4 heterocycles. The van der Waals surface area contributed by atoms with Gasteiger partial charge < -0.3 is 29.3 Å². The van der Waals surface area contributed by atoms with Crippen LogP contribution in [0.25, 0.3) is 0 Å². The lowest BCUT2D eigenvalue weighted by Gasteiger charge is -2.42. The van der Waals surface area contributed by atoms with Crippen LogP contribution in [0.15, 0.2) is 53.6 Å². The molecule has 3 aliphatic heterocycles. The van der Waals surface area contributed by atoms with Gasteiger partial charge >= 0.3 is 6.03 Å². The highest BCUT2D eigenvalue weighted by molar-refractivity contribution is 7.93. The van der Waals surface area contributed by atoms with Crippen molar-refractivity contribution in [2.24, 2.45) is 0 Å². The molecule has 0 saturated carbocycles. The smallest absolute Gasteiger partial charge is 0.318 e. The van der Waals surface area contributed by atoms with E-state index in [1.165, 1.54) is 50.7 Å². The van der Waals surface area contributed by atoms with E-state index in [-0.39, 0.29) is 39.9 Å². The first-order valence-electron chi connectivity index (χ1n) is 16.4. The predicted octanol–water partition coefficient (Wildman–Crippen LogP) is 3.69. The van der Waals surface area contributed by atoms with Gasteiger partial charge in [-0.25, -0.2) is 22.6 Å². The Hall–Kier alpha value is -4.18. The number of nitrogens with one attached hydrogen (secondary N) is 1. The van der Waals surface area contributed by atoms with Gasteiger partial charge in [0.1, 0.15) is 22.2 Å². The van der Waals surface area contributed by atoms with Gasteiger partial charge in [0.25, 0.3) is 15.9 Å². The zero-order valence-corrected chi connectivity index (χ0v) is 29.9. The highest BCUT2D eigenvalue weighted by atomic mass is 35.5. The molecule has 2 fully saturated rings. The average molecular weight is 731 g/mol. The van der Waals surface area contributed by atoms with Crippen molar-refractivity contribution in [1.29, 1.82) is 0 Å². The summed E-state index contributed by atoms with van der Waals surface area (Å²) in [6.45, 7) is 6.47. The number of fused-ring (bicyclic) bond motifs is 1. The Kier molecular flexibility index (Phi) is 10.1. The minimum atomic E-state index is -4.80.